The minimum absolute atomic E-state index is 0.0294. The first-order valence-corrected chi connectivity index (χ1v) is 7.73. The molecule has 0 amide bonds. The molecular weight excluding hydrogens is 276 g/mol. The van der Waals surface area contributed by atoms with Crippen molar-refractivity contribution >= 4 is 11.6 Å². The van der Waals surface area contributed by atoms with E-state index in [2.05, 4.69) is 24.4 Å². The number of nitrogens with one attached hydrogen (secondary N) is 1. The molecule has 0 fully saturated rings. The molecule has 1 unspecified atom stereocenters. The summed E-state index contributed by atoms with van der Waals surface area (Å²) in [7, 11) is 1.68. The van der Waals surface area contributed by atoms with Gasteiger partial charge in [0.15, 0.2) is 0 Å². The lowest BCUT2D eigenvalue weighted by Gasteiger charge is -2.27. The lowest BCUT2D eigenvalue weighted by atomic mass is 9.89. The second-order valence-electron chi connectivity index (χ2n) is 5.08. The molecule has 0 saturated heterocycles. The van der Waals surface area contributed by atoms with Gasteiger partial charge in [-0.05, 0) is 18.8 Å². The van der Waals surface area contributed by atoms with E-state index in [1.54, 1.807) is 13.3 Å². The maximum absolute atomic E-state index is 6.32. The highest BCUT2D eigenvalue weighted by Gasteiger charge is 2.26. The van der Waals surface area contributed by atoms with E-state index in [1.165, 1.54) is 0 Å². The smallest absolute Gasteiger partial charge is 0.0834 e. The molecule has 0 saturated carbocycles. The van der Waals surface area contributed by atoms with Crippen molar-refractivity contribution in [1.82, 2.24) is 15.2 Å². The predicted octanol–water partition coefficient (Wildman–Crippen LogP) is 2.90. The number of hydrogen-bond acceptors (Lipinski definition) is 4. The topological polar surface area (TPSA) is 65.1 Å². The van der Waals surface area contributed by atoms with Crippen LogP contribution in [0.15, 0.2) is 6.20 Å². The number of aromatic nitrogens is 2. The molecule has 3 N–H and O–H groups in total. The molecule has 0 aliphatic rings. The molecule has 20 heavy (non-hydrogen) atoms. The minimum Gasteiger partial charge on any atom is -0.383 e. The molecule has 1 heterocycles. The summed E-state index contributed by atoms with van der Waals surface area (Å²) in [6.45, 7) is 5.68. The van der Waals surface area contributed by atoms with Gasteiger partial charge >= 0.3 is 0 Å². The third-order valence-corrected chi connectivity index (χ3v) is 3.90. The van der Waals surface area contributed by atoms with Crippen LogP contribution in [0.3, 0.4) is 0 Å². The number of ether oxygens (including phenoxy) is 1. The summed E-state index contributed by atoms with van der Waals surface area (Å²) < 4.78 is 7.02. The van der Waals surface area contributed by atoms with Crippen molar-refractivity contribution in [3.05, 3.63) is 16.9 Å². The summed E-state index contributed by atoms with van der Waals surface area (Å²) in [5.41, 5.74) is 3.92. The molecule has 116 valence electrons. The zero-order valence-corrected chi connectivity index (χ0v) is 13.5. The molecule has 6 heteroatoms. The molecule has 0 aliphatic carbocycles. The minimum atomic E-state index is 0.0294. The fourth-order valence-corrected chi connectivity index (χ4v) is 2.95. The SMILES string of the molecule is CCCC(CCC)C(NN)c1c(Cl)cnn1CCOC. The van der Waals surface area contributed by atoms with Crippen LogP contribution in [-0.2, 0) is 11.3 Å². The van der Waals surface area contributed by atoms with Crippen molar-refractivity contribution in [3.63, 3.8) is 0 Å². The highest BCUT2D eigenvalue weighted by molar-refractivity contribution is 6.31. The second kappa shape index (κ2) is 9.34. The van der Waals surface area contributed by atoms with Crippen LogP contribution in [0.2, 0.25) is 5.02 Å². The normalized spacial score (nSPS) is 13.1. The summed E-state index contributed by atoms with van der Waals surface area (Å²) in [4.78, 5) is 0. The Labute approximate surface area is 126 Å². The Kier molecular flexibility index (Phi) is 8.14. The molecule has 1 aromatic heterocycles. The Bertz CT molecular complexity index is 377. The molecule has 0 bridgehead atoms. The molecule has 1 rings (SSSR count). The molecule has 0 aromatic carbocycles. The van der Waals surface area contributed by atoms with Gasteiger partial charge in [0.1, 0.15) is 0 Å². The first-order chi connectivity index (χ1) is 9.69. The lowest BCUT2D eigenvalue weighted by Crippen LogP contribution is -2.35. The van der Waals surface area contributed by atoms with Gasteiger partial charge in [0.05, 0.1) is 36.1 Å². The van der Waals surface area contributed by atoms with Gasteiger partial charge in [0, 0.05) is 7.11 Å². The molecular formula is C14H27ClN4O. The van der Waals surface area contributed by atoms with Crippen LogP contribution in [0.25, 0.3) is 0 Å². The number of methoxy groups -OCH3 is 1. The standard InChI is InChI=1S/C14H27ClN4O/c1-4-6-11(7-5-2)13(18-16)14-12(15)10-17-19(14)8-9-20-3/h10-11,13,18H,4-9,16H2,1-3H3. The van der Waals surface area contributed by atoms with Gasteiger partial charge in [-0.3, -0.25) is 16.0 Å². The van der Waals surface area contributed by atoms with E-state index in [-0.39, 0.29) is 6.04 Å². The van der Waals surface area contributed by atoms with Crippen molar-refractivity contribution in [2.24, 2.45) is 11.8 Å². The van der Waals surface area contributed by atoms with Gasteiger partial charge in [-0.25, -0.2) is 0 Å². The molecule has 5 nitrogen and oxygen atoms in total. The summed E-state index contributed by atoms with van der Waals surface area (Å²) >= 11 is 6.32. The van der Waals surface area contributed by atoms with Gasteiger partial charge in [-0.15, -0.1) is 0 Å². The molecule has 0 spiro atoms. The van der Waals surface area contributed by atoms with Gasteiger partial charge in [-0.1, -0.05) is 38.3 Å². The third-order valence-electron chi connectivity index (χ3n) is 3.60. The number of nitrogens with two attached hydrogens (primary N) is 1. The lowest BCUT2D eigenvalue weighted by molar-refractivity contribution is 0.180. The summed E-state index contributed by atoms with van der Waals surface area (Å²) in [6.07, 6.45) is 6.19. The van der Waals surface area contributed by atoms with Crippen LogP contribution < -0.4 is 11.3 Å². The van der Waals surface area contributed by atoms with Crippen LogP contribution in [0, 0.1) is 5.92 Å². The van der Waals surface area contributed by atoms with Crippen molar-refractivity contribution in [2.45, 2.75) is 52.1 Å². The van der Waals surface area contributed by atoms with Crippen molar-refractivity contribution in [1.29, 1.82) is 0 Å². The van der Waals surface area contributed by atoms with E-state index in [9.17, 15) is 0 Å². The number of halogens is 1. The van der Waals surface area contributed by atoms with E-state index in [4.69, 9.17) is 22.2 Å². The van der Waals surface area contributed by atoms with E-state index in [0.717, 1.165) is 31.4 Å². The molecule has 1 aromatic rings. The van der Waals surface area contributed by atoms with Crippen LogP contribution in [0.5, 0.6) is 0 Å². The maximum atomic E-state index is 6.32. The first-order valence-electron chi connectivity index (χ1n) is 7.35. The van der Waals surface area contributed by atoms with Gasteiger partial charge in [0.25, 0.3) is 0 Å². The van der Waals surface area contributed by atoms with E-state index in [0.29, 0.717) is 24.1 Å². The van der Waals surface area contributed by atoms with Gasteiger partial charge < -0.3 is 4.74 Å². The molecule has 0 radical (unpaired) electrons. The summed E-state index contributed by atoms with van der Waals surface area (Å²) in [6, 6.07) is 0.0294. The highest BCUT2D eigenvalue weighted by Crippen LogP contribution is 2.33. The van der Waals surface area contributed by atoms with E-state index < -0.39 is 0 Å². The van der Waals surface area contributed by atoms with E-state index in [1.807, 2.05) is 4.68 Å². The van der Waals surface area contributed by atoms with Gasteiger partial charge in [-0.2, -0.15) is 5.10 Å². The van der Waals surface area contributed by atoms with Crippen LogP contribution >= 0.6 is 11.6 Å². The number of hydrogen-bond donors (Lipinski definition) is 2. The second-order valence-corrected chi connectivity index (χ2v) is 5.48. The summed E-state index contributed by atoms with van der Waals surface area (Å²) in [5, 5.41) is 5.00. The van der Waals surface area contributed by atoms with Crippen molar-refractivity contribution < 1.29 is 4.74 Å². The Hall–Kier alpha value is -0.620. The third kappa shape index (κ3) is 4.45. The van der Waals surface area contributed by atoms with E-state index >= 15 is 0 Å². The zero-order valence-electron chi connectivity index (χ0n) is 12.7. The maximum Gasteiger partial charge on any atom is 0.0834 e. The summed E-state index contributed by atoms with van der Waals surface area (Å²) in [5.74, 6) is 6.27. The van der Waals surface area contributed by atoms with Gasteiger partial charge in [0.2, 0.25) is 0 Å². The van der Waals surface area contributed by atoms with Crippen LogP contribution in [0.4, 0.5) is 0 Å². The van der Waals surface area contributed by atoms with Crippen LogP contribution in [-0.4, -0.2) is 23.5 Å². The largest absolute Gasteiger partial charge is 0.383 e. The Morgan fingerprint density at radius 1 is 1.40 bits per heavy atom. The average molecular weight is 303 g/mol. The highest BCUT2D eigenvalue weighted by atomic mass is 35.5. The number of rotatable bonds is 10. The van der Waals surface area contributed by atoms with Crippen molar-refractivity contribution in [3.8, 4) is 0 Å². The molecule has 0 aliphatic heterocycles. The fourth-order valence-electron chi connectivity index (χ4n) is 2.69. The first kappa shape index (κ1) is 17.4. The Morgan fingerprint density at radius 3 is 2.55 bits per heavy atom. The van der Waals surface area contributed by atoms with Crippen molar-refractivity contribution in [2.75, 3.05) is 13.7 Å². The fraction of sp³-hybridized carbons (Fsp3) is 0.786. The van der Waals surface area contributed by atoms with Crippen LogP contribution in [0.1, 0.15) is 51.3 Å². The zero-order chi connectivity index (χ0) is 15.0. The monoisotopic (exact) mass is 302 g/mol. The number of hydrazine groups is 1. The molecule has 1 atom stereocenters. The predicted molar refractivity (Wildman–Crippen MR) is 82.5 cm³/mol. The average Bonchev–Trinajstić information content (AvgIpc) is 2.80. The quantitative estimate of drug-likeness (QED) is 0.515. The Balaban J connectivity index is 2.99. The number of nitrogens with zero attached hydrogens (tertiary/aromatic N) is 2. The Morgan fingerprint density at radius 2 is 2.05 bits per heavy atom.